The molecule has 0 radical (unpaired) electrons. The van der Waals surface area contributed by atoms with Crippen LogP contribution in [0, 0.1) is 0 Å². The van der Waals surface area contributed by atoms with Gasteiger partial charge in [0, 0.05) is 31.5 Å². The van der Waals surface area contributed by atoms with Crippen molar-refractivity contribution in [2.45, 2.75) is 13.0 Å². The zero-order chi connectivity index (χ0) is 21.2. The molecule has 0 spiro atoms. The lowest BCUT2D eigenvalue weighted by Gasteiger charge is -2.14. The zero-order valence-corrected chi connectivity index (χ0v) is 16.7. The quantitative estimate of drug-likeness (QED) is 0.530. The summed E-state index contributed by atoms with van der Waals surface area (Å²) in [5, 5.41) is 5.15. The van der Waals surface area contributed by atoms with Gasteiger partial charge < -0.3 is 20.3 Å². The normalized spacial score (nSPS) is 11.6. The maximum Gasteiger partial charge on any atom is 0.328 e. The second kappa shape index (κ2) is 10.7. The number of hydrogen-bond acceptors (Lipinski definition) is 5. The molecule has 2 N–H and O–H groups in total. The molecular weight excluding hydrogens is 370 g/mol. The molecule has 0 saturated carbocycles. The van der Waals surface area contributed by atoms with Crippen molar-refractivity contribution in [2.75, 3.05) is 30.9 Å². The molecule has 0 bridgehead atoms. The fourth-order valence-electron chi connectivity index (χ4n) is 2.36. The number of hydrogen-bond donors (Lipinski definition) is 2. The molecule has 0 aromatic heterocycles. The number of nitrogens with one attached hydrogen (secondary N) is 2. The Morgan fingerprint density at radius 3 is 2.31 bits per heavy atom. The summed E-state index contributed by atoms with van der Waals surface area (Å²) >= 11 is 0. The minimum atomic E-state index is -0.880. The maximum absolute atomic E-state index is 12.0. The summed E-state index contributed by atoms with van der Waals surface area (Å²) in [7, 11) is 3.84. The predicted octanol–water partition coefficient (Wildman–Crippen LogP) is 2.45. The Bertz CT molecular complexity index is 861. The van der Waals surface area contributed by atoms with Gasteiger partial charge in [-0.25, -0.2) is 4.79 Å². The fourth-order valence-corrected chi connectivity index (χ4v) is 2.36. The molecule has 152 valence electrons. The van der Waals surface area contributed by atoms with E-state index in [0.717, 1.165) is 11.3 Å². The highest BCUT2D eigenvalue weighted by Gasteiger charge is 2.17. The van der Waals surface area contributed by atoms with Crippen LogP contribution in [0.15, 0.2) is 60.7 Å². The lowest BCUT2D eigenvalue weighted by atomic mass is 10.2. The van der Waals surface area contributed by atoms with Gasteiger partial charge in [0.1, 0.15) is 6.04 Å². The van der Waals surface area contributed by atoms with Crippen LogP contribution in [0.25, 0.3) is 6.08 Å². The van der Waals surface area contributed by atoms with E-state index in [9.17, 15) is 14.4 Å². The van der Waals surface area contributed by atoms with E-state index >= 15 is 0 Å². The van der Waals surface area contributed by atoms with Crippen LogP contribution < -0.4 is 15.5 Å². The lowest BCUT2D eigenvalue weighted by molar-refractivity contribution is -0.149. The van der Waals surface area contributed by atoms with Crippen molar-refractivity contribution < 1.29 is 19.1 Å². The summed E-state index contributed by atoms with van der Waals surface area (Å²) in [5.74, 6) is -1.58. The summed E-state index contributed by atoms with van der Waals surface area (Å²) in [5.41, 5.74) is 2.47. The van der Waals surface area contributed by atoms with Gasteiger partial charge in [-0.1, -0.05) is 30.3 Å². The molecule has 0 heterocycles. The first-order chi connectivity index (χ1) is 13.8. The van der Waals surface area contributed by atoms with Crippen LogP contribution in [0.2, 0.25) is 0 Å². The lowest BCUT2D eigenvalue weighted by Crippen LogP contribution is -2.39. The average molecular weight is 395 g/mol. The molecule has 2 amide bonds. The van der Waals surface area contributed by atoms with Crippen LogP contribution in [-0.2, 0) is 19.1 Å². The van der Waals surface area contributed by atoms with Crippen molar-refractivity contribution >= 4 is 35.2 Å². The van der Waals surface area contributed by atoms with Gasteiger partial charge in [-0.2, -0.15) is 0 Å². The largest absolute Gasteiger partial charge is 0.454 e. The van der Waals surface area contributed by atoms with Crippen molar-refractivity contribution in [2.24, 2.45) is 0 Å². The third-order valence-electron chi connectivity index (χ3n) is 3.95. The van der Waals surface area contributed by atoms with E-state index in [1.54, 1.807) is 18.2 Å². The van der Waals surface area contributed by atoms with Crippen molar-refractivity contribution in [1.82, 2.24) is 5.32 Å². The Kier molecular flexibility index (Phi) is 7.97. The molecule has 0 aliphatic heterocycles. The van der Waals surface area contributed by atoms with Crippen molar-refractivity contribution in [1.29, 1.82) is 0 Å². The monoisotopic (exact) mass is 395 g/mol. The van der Waals surface area contributed by atoms with Crippen LogP contribution in [0.1, 0.15) is 12.5 Å². The van der Waals surface area contributed by atoms with Gasteiger partial charge in [0.2, 0.25) is 5.91 Å². The van der Waals surface area contributed by atoms with E-state index in [1.807, 2.05) is 61.5 Å². The molecule has 29 heavy (non-hydrogen) atoms. The molecular formula is C22H25N3O4. The topological polar surface area (TPSA) is 87.7 Å². The third-order valence-corrected chi connectivity index (χ3v) is 3.95. The molecule has 2 aromatic carbocycles. The van der Waals surface area contributed by atoms with Crippen LogP contribution in [0.4, 0.5) is 11.4 Å². The van der Waals surface area contributed by atoms with Gasteiger partial charge in [-0.05, 0) is 42.8 Å². The van der Waals surface area contributed by atoms with Crippen LogP contribution >= 0.6 is 0 Å². The number of carbonyl (C=O) groups is 3. The molecule has 0 aliphatic rings. The molecule has 0 aliphatic carbocycles. The van der Waals surface area contributed by atoms with Crippen molar-refractivity contribution in [3.05, 3.63) is 66.2 Å². The second-order valence-electron chi connectivity index (χ2n) is 6.57. The van der Waals surface area contributed by atoms with Gasteiger partial charge in [0.25, 0.3) is 5.91 Å². The highest BCUT2D eigenvalue weighted by Crippen LogP contribution is 2.15. The Hall–Kier alpha value is -3.61. The number of ether oxygens (including phenoxy) is 1. The Balaban J connectivity index is 1.75. The minimum Gasteiger partial charge on any atom is -0.454 e. The van der Waals surface area contributed by atoms with E-state index in [2.05, 4.69) is 10.6 Å². The molecule has 0 fully saturated rings. The van der Waals surface area contributed by atoms with Gasteiger partial charge in [-0.3, -0.25) is 9.59 Å². The average Bonchev–Trinajstić information content (AvgIpc) is 2.71. The van der Waals surface area contributed by atoms with Gasteiger partial charge in [-0.15, -0.1) is 0 Å². The predicted molar refractivity (Wildman–Crippen MR) is 113 cm³/mol. The fraction of sp³-hybridized carbons (Fsp3) is 0.227. The molecule has 2 rings (SSSR count). The van der Waals surface area contributed by atoms with E-state index in [1.165, 1.54) is 13.0 Å². The van der Waals surface area contributed by atoms with Crippen LogP contribution in [0.5, 0.6) is 0 Å². The first kappa shape index (κ1) is 21.7. The van der Waals surface area contributed by atoms with E-state index < -0.39 is 30.4 Å². The zero-order valence-electron chi connectivity index (χ0n) is 16.7. The smallest absolute Gasteiger partial charge is 0.328 e. The highest BCUT2D eigenvalue weighted by atomic mass is 16.5. The SMILES string of the molecule is C[C@H](NC(=O)/C=C/c1ccccc1)C(=O)OCC(=O)Nc1ccc(N(C)C)cc1. The number of anilines is 2. The third kappa shape index (κ3) is 7.50. The van der Waals surface area contributed by atoms with E-state index in [4.69, 9.17) is 4.74 Å². The number of carbonyl (C=O) groups excluding carboxylic acids is 3. The summed E-state index contributed by atoms with van der Waals surface area (Å²) in [6, 6.07) is 15.7. The summed E-state index contributed by atoms with van der Waals surface area (Å²) in [6.45, 7) is 1.06. The number of nitrogens with zero attached hydrogens (tertiary/aromatic N) is 1. The number of rotatable bonds is 8. The van der Waals surface area contributed by atoms with Gasteiger partial charge in [0.05, 0.1) is 0 Å². The van der Waals surface area contributed by atoms with Crippen molar-refractivity contribution in [3.63, 3.8) is 0 Å². The van der Waals surface area contributed by atoms with Gasteiger partial charge >= 0.3 is 5.97 Å². The summed E-state index contributed by atoms with van der Waals surface area (Å²) in [4.78, 5) is 37.8. The van der Waals surface area contributed by atoms with E-state index in [0.29, 0.717) is 5.69 Å². The molecule has 1 atom stereocenters. The molecule has 0 saturated heterocycles. The Morgan fingerprint density at radius 2 is 1.69 bits per heavy atom. The summed E-state index contributed by atoms with van der Waals surface area (Å²) in [6.07, 6.45) is 2.98. The van der Waals surface area contributed by atoms with Crippen molar-refractivity contribution in [3.8, 4) is 0 Å². The van der Waals surface area contributed by atoms with Gasteiger partial charge in [0.15, 0.2) is 6.61 Å². The molecule has 7 nitrogen and oxygen atoms in total. The number of amides is 2. The Morgan fingerprint density at radius 1 is 1.03 bits per heavy atom. The summed E-state index contributed by atoms with van der Waals surface area (Å²) < 4.78 is 4.97. The first-order valence-corrected chi connectivity index (χ1v) is 9.12. The number of esters is 1. The van der Waals surface area contributed by atoms with Crippen LogP contribution in [-0.4, -0.2) is 44.5 Å². The second-order valence-corrected chi connectivity index (χ2v) is 6.57. The number of benzene rings is 2. The maximum atomic E-state index is 12.0. The standard InChI is InChI=1S/C22H25N3O4/c1-16(23-20(26)14-9-17-7-5-4-6-8-17)22(28)29-15-21(27)24-18-10-12-19(13-11-18)25(2)3/h4-14,16H,15H2,1-3H3,(H,23,26)(H,24,27)/b14-9+/t16-/m0/s1. The first-order valence-electron chi connectivity index (χ1n) is 9.12. The highest BCUT2D eigenvalue weighted by molar-refractivity contribution is 5.96. The minimum absolute atomic E-state index is 0.427. The van der Waals surface area contributed by atoms with Crippen LogP contribution in [0.3, 0.4) is 0 Å². The molecule has 7 heteroatoms. The molecule has 2 aromatic rings. The molecule has 0 unspecified atom stereocenters. The Labute approximate surface area is 170 Å². The van der Waals surface area contributed by atoms with E-state index in [-0.39, 0.29) is 0 Å².